The molecule has 0 saturated carbocycles. The number of ether oxygens (including phenoxy) is 2. The Bertz CT molecular complexity index is 407. The number of benzene rings is 1. The minimum atomic E-state index is 0.665. The zero-order valence-electron chi connectivity index (χ0n) is 11.2. The van der Waals surface area contributed by atoms with Crippen molar-refractivity contribution in [1.82, 2.24) is 4.90 Å². The smallest absolute Gasteiger partial charge is 0.119 e. The molecule has 104 valence electrons. The van der Waals surface area contributed by atoms with Crippen LogP contribution in [0.1, 0.15) is 12.8 Å². The predicted octanol–water partition coefficient (Wildman–Crippen LogP) is 2.00. The van der Waals surface area contributed by atoms with Gasteiger partial charge in [-0.1, -0.05) is 5.16 Å². The first-order valence-corrected chi connectivity index (χ1v) is 6.51. The van der Waals surface area contributed by atoms with E-state index in [0.29, 0.717) is 6.61 Å². The fourth-order valence-corrected chi connectivity index (χ4v) is 2.10. The van der Waals surface area contributed by atoms with Crippen LogP contribution in [0, 0.1) is 0 Å². The molecule has 1 fully saturated rings. The summed E-state index contributed by atoms with van der Waals surface area (Å²) in [4.78, 5) is 2.32. The molecular weight excluding hydrogens is 244 g/mol. The van der Waals surface area contributed by atoms with Crippen molar-refractivity contribution in [3.8, 4) is 11.5 Å². The molecule has 0 radical (unpaired) electrons. The largest absolute Gasteiger partial charge is 0.497 e. The van der Waals surface area contributed by atoms with E-state index in [9.17, 15) is 0 Å². The maximum atomic E-state index is 8.68. The van der Waals surface area contributed by atoms with Gasteiger partial charge < -0.3 is 14.7 Å². The molecule has 0 bridgehead atoms. The highest BCUT2D eigenvalue weighted by Crippen LogP contribution is 2.17. The zero-order valence-corrected chi connectivity index (χ0v) is 11.2. The van der Waals surface area contributed by atoms with Crippen LogP contribution in [0.5, 0.6) is 11.5 Å². The van der Waals surface area contributed by atoms with E-state index in [4.69, 9.17) is 14.7 Å². The van der Waals surface area contributed by atoms with Gasteiger partial charge in [0.15, 0.2) is 0 Å². The molecule has 0 aromatic heterocycles. The number of hydrogen-bond donors (Lipinski definition) is 1. The molecule has 0 aliphatic carbocycles. The van der Waals surface area contributed by atoms with Crippen LogP contribution < -0.4 is 9.47 Å². The van der Waals surface area contributed by atoms with Gasteiger partial charge in [-0.3, -0.25) is 4.90 Å². The van der Waals surface area contributed by atoms with E-state index in [1.165, 1.54) is 0 Å². The van der Waals surface area contributed by atoms with E-state index in [-0.39, 0.29) is 0 Å². The zero-order chi connectivity index (χ0) is 13.5. The van der Waals surface area contributed by atoms with Gasteiger partial charge in [0.25, 0.3) is 0 Å². The van der Waals surface area contributed by atoms with E-state index in [2.05, 4.69) is 10.1 Å². The minimum absolute atomic E-state index is 0.665. The van der Waals surface area contributed by atoms with Gasteiger partial charge >= 0.3 is 0 Å². The maximum absolute atomic E-state index is 8.68. The summed E-state index contributed by atoms with van der Waals surface area (Å²) < 4.78 is 10.8. The third kappa shape index (κ3) is 4.13. The quantitative estimate of drug-likeness (QED) is 0.653. The minimum Gasteiger partial charge on any atom is -0.497 e. The molecule has 1 aromatic carbocycles. The first-order chi connectivity index (χ1) is 9.31. The Morgan fingerprint density at radius 2 is 1.79 bits per heavy atom. The van der Waals surface area contributed by atoms with Crippen LogP contribution in [0.15, 0.2) is 29.4 Å². The summed E-state index contributed by atoms with van der Waals surface area (Å²) in [5.41, 5.74) is 0.896. The summed E-state index contributed by atoms with van der Waals surface area (Å²) in [6.45, 7) is 3.43. The molecule has 1 heterocycles. The molecular formula is C14H20N2O3. The topological polar surface area (TPSA) is 54.3 Å². The summed E-state index contributed by atoms with van der Waals surface area (Å²) in [7, 11) is 1.65. The molecule has 0 amide bonds. The third-order valence-corrected chi connectivity index (χ3v) is 3.31. The highest BCUT2D eigenvalue weighted by atomic mass is 16.5. The molecule has 0 atom stereocenters. The second-order valence-corrected chi connectivity index (χ2v) is 4.53. The molecule has 19 heavy (non-hydrogen) atoms. The average Bonchev–Trinajstić information content (AvgIpc) is 2.49. The lowest BCUT2D eigenvalue weighted by Crippen LogP contribution is -2.36. The fraction of sp³-hybridized carbons (Fsp3) is 0.500. The van der Waals surface area contributed by atoms with Crippen molar-refractivity contribution in [3.63, 3.8) is 0 Å². The van der Waals surface area contributed by atoms with Crippen molar-refractivity contribution in [2.45, 2.75) is 12.8 Å². The monoisotopic (exact) mass is 264 g/mol. The summed E-state index contributed by atoms with van der Waals surface area (Å²) in [5, 5.41) is 12.0. The Hall–Kier alpha value is -1.75. The first kappa shape index (κ1) is 13.7. The van der Waals surface area contributed by atoms with Crippen molar-refractivity contribution >= 4 is 5.71 Å². The van der Waals surface area contributed by atoms with Gasteiger partial charge in [-0.05, 0) is 24.3 Å². The number of piperidine rings is 1. The standard InChI is InChI=1S/C14H20N2O3/c1-18-13-2-4-14(5-3-13)19-11-10-16-8-6-12(15-17)7-9-16/h2-5,17H,6-11H2,1H3. The second-order valence-electron chi connectivity index (χ2n) is 4.53. The number of rotatable bonds is 5. The normalized spacial score (nSPS) is 16.2. The van der Waals surface area contributed by atoms with Crippen molar-refractivity contribution < 1.29 is 14.7 Å². The van der Waals surface area contributed by atoms with E-state index < -0.39 is 0 Å². The lowest BCUT2D eigenvalue weighted by atomic mass is 10.1. The molecule has 1 aliphatic heterocycles. The Morgan fingerprint density at radius 3 is 2.37 bits per heavy atom. The van der Waals surface area contributed by atoms with Gasteiger partial charge in [-0.15, -0.1) is 0 Å². The van der Waals surface area contributed by atoms with Gasteiger partial charge in [0.2, 0.25) is 0 Å². The van der Waals surface area contributed by atoms with Crippen LogP contribution in [-0.4, -0.2) is 49.2 Å². The number of likely N-dealkylation sites (tertiary alicyclic amines) is 1. The average molecular weight is 264 g/mol. The fourth-order valence-electron chi connectivity index (χ4n) is 2.10. The Morgan fingerprint density at radius 1 is 1.16 bits per heavy atom. The van der Waals surface area contributed by atoms with Gasteiger partial charge in [-0.25, -0.2) is 0 Å². The summed E-state index contributed by atoms with van der Waals surface area (Å²) >= 11 is 0. The van der Waals surface area contributed by atoms with Crippen LogP contribution in [0.25, 0.3) is 0 Å². The molecule has 0 unspecified atom stereocenters. The van der Waals surface area contributed by atoms with Gasteiger partial charge in [0.1, 0.15) is 18.1 Å². The van der Waals surface area contributed by atoms with Crippen LogP contribution in [0.4, 0.5) is 0 Å². The van der Waals surface area contributed by atoms with Crippen molar-refractivity contribution in [3.05, 3.63) is 24.3 Å². The molecule has 1 saturated heterocycles. The molecule has 2 rings (SSSR count). The Balaban J connectivity index is 1.69. The summed E-state index contributed by atoms with van der Waals surface area (Å²) in [6, 6.07) is 7.59. The Kier molecular flexibility index (Phi) is 5.03. The predicted molar refractivity (Wildman–Crippen MR) is 73.4 cm³/mol. The molecule has 1 aliphatic rings. The number of methoxy groups -OCH3 is 1. The molecule has 0 spiro atoms. The van der Waals surface area contributed by atoms with Gasteiger partial charge in [0, 0.05) is 32.5 Å². The molecule has 5 heteroatoms. The van der Waals surface area contributed by atoms with E-state index in [1.807, 2.05) is 24.3 Å². The first-order valence-electron chi connectivity index (χ1n) is 6.51. The molecule has 1 N–H and O–H groups in total. The molecule has 1 aromatic rings. The van der Waals surface area contributed by atoms with Gasteiger partial charge in [0.05, 0.1) is 12.8 Å². The van der Waals surface area contributed by atoms with Crippen molar-refractivity contribution in [2.75, 3.05) is 33.4 Å². The van der Waals surface area contributed by atoms with E-state index in [1.54, 1.807) is 7.11 Å². The van der Waals surface area contributed by atoms with E-state index >= 15 is 0 Å². The number of nitrogens with zero attached hydrogens (tertiary/aromatic N) is 2. The van der Waals surface area contributed by atoms with Crippen LogP contribution >= 0.6 is 0 Å². The Labute approximate surface area is 113 Å². The van der Waals surface area contributed by atoms with Crippen LogP contribution in [0.2, 0.25) is 0 Å². The van der Waals surface area contributed by atoms with Crippen molar-refractivity contribution in [1.29, 1.82) is 0 Å². The highest BCUT2D eigenvalue weighted by Gasteiger charge is 2.14. The lowest BCUT2D eigenvalue weighted by Gasteiger charge is -2.26. The van der Waals surface area contributed by atoms with Gasteiger partial charge in [-0.2, -0.15) is 0 Å². The highest BCUT2D eigenvalue weighted by molar-refractivity contribution is 5.84. The summed E-state index contributed by atoms with van der Waals surface area (Å²) in [6.07, 6.45) is 1.69. The summed E-state index contributed by atoms with van der Waals surface area (Å²) in [5.74, 6) is 1.69. The lowest BCUT2D eigenvalue weighted by molar-refractivity contribution is 0.206. The SMILES string of the molecule is COc1ccc(OCCN2CCC(=NO)CC2)cc1. The molecule has 5 nitrogen and oxygen atoms in total. The maximum Gasteiger partial charge on any atom is 0.119 e. The number of oxime groups is 1. The van der Waals surface area contributed by atoms with Crippen LogP contribution in [0.3, 0.4) is 0 Å². The second kappa shape index (κ2) is 6.99. The third-order valence-electron chi connectivity index (χ3n) is 3.31. The number of hydrogen-bond acceptors (Lipinski definition) is 5. The van der Waals surface area contributed by atoms with E-state index in [0.717, 1.165) is 49.7 Å². The van der Waals surface area contributed by atoms with Crippen molar-refractivity contribution in [2.24, 2.45) is 5.16 Å². The van der Waals surface area contributed by atoms with Crippen LogP contribution in [-0.2, 0) is 0 Å².